The van der Waals surface area contributed by atoms with Crippen LogP contribution in [-0.2, 0) is 20.0 Å². The summed E-state index contributed by atoms with van der Waals surface area (Å²) < 4.78 is 1.80. The van der Waals surface area contributed by atoms with E-state index >= 15 is 0 Å². The lowest BCUT2D eigenvalue weighted by molar-refractivity contribution is 0.746. The second-order valence-electron chi connectivity index (χ2n) is 4.14. The fourth-order valence-electron chi connectivity index (χ4n) is 1.92. The molecule has 0 radical (unpaired) electrons. The van der Waals surface area contributed by atoms with Gasteiger partial charge in [-0.15, -0.1) is 0 Å². The van der Waals surface area contributed by atoms with Gasteiger partial charge in [-0.05, 0) is 18.1 Å². The van der Waals surface area contributed by atoms with Gasteiger partial charge in [0, 0.05) is 19.8 Å². The molecule has 18 heavy (non-hydrogen) atoms. The second-order valence-corrected chi connectivity index (χ2v) is 4.14. The van der Waals surface area contributed by atoms with Crippen LogP contribution >= 0.6 is 0 Å². The molecular formula is C14H16N4. The summed E-state index contributed by atoms with van der Waals surface area (Å²) in [7, 11) is 1.91. The number of nitrogens with one attached hydrogen (secondary N) is 1. The Kier molecular flexibility index (Phi) is 3.63. The molecule has 1 N–H and O–H groups in total. The fourth-order valence-corrected chi connectivity index (χ4v) is 1.92. The average molecular weight is 240 g/mol. The Morgan fingerprint density at radius 3 is 2.89 bits per heavy atom. The molecule has 0 aliphatic rings. The Hall–Kier alpha value is -2.28. The van der Waals surface area contributed by atoms with Crippen molar-refractivity contribution in [2.75, 3.05) is 5.32 Å². The first-order chi connectivity index (χ1) is 8.74. The van der Waals surface area contributed by atoms with E-state index in [1.54, 1.807) is 4.68 Å². The van der Waals surface area contributed by atoms with Crippen LogP contribution < -0.4 is 5.32 Å². The summed E-state index contributed by atoms with van der Waals surface area (Å²) in [6.07, 6.45) is 2.86. The van der Waals surface area contributed by atoms with Gasteiger partial charge in [0.2, 0.25) is 0 Å². The van der Waals surface area contributed by atoms with Crippen molar-refractivity contribution in [3.8, 4) is 6.07 Å². The molecule has 0 spiro atoms. The molecule has 0 aliphatic heterocycles. The molecular weight excluding hydrogens is 224 g/mol. The summed E-state index contributed by atoms with van der Waals surface area (Å²) in [5.41, 5.74) is 3.80. The van der Waals surface area contributed by atoms with Crippen molar-refractivity contribution in [1.82, 2.24) is 9.78 Å². The molecule has 0 saturated heterocycles. The Morgan fingerprint density at radius 1 is 1.39 bits per heavy atom. The van der Waals surface area contributed by atoms with Crippen LogP contribution in [0.5, 0.6) is 0 Å². The van der Waals surface area contributed by atoms with Gasteiger partial charge in [-0.3, -0.25) is 4.68 Å². The summed E-state index contributed by atoms with van der Waals surface area (Å²) in [4.78, 5) is 0. The summed E-state index contributed by atoms with van der Waals surface area (Å²) in [6, 6.07) is 9.83. The summed E-state index contributed by atoms with van der Waals surface area (Å²) >= 11 is 0. The largest absolute Gasteiger partial charge is 0.378 e. The smallest absolute Gasteiger partial charge is 0.0995 e. The van der Waals surface area contributed by atoms with Crippen molar-refractivity contribution in [2.24, 2.45) is 7.05 Å². The van der Waals surface area contributed by atoms with Crippen molar-refractivity contribution in [2.45, 2.75) is 19.9 Å². The number of aromatic nitrogens is 2. The van der Waals surface area contributed by atoms with E-state index in [0.29, 0.717) is 12.1 Å². The molecule has 1 aromatic heterocycles. The number of nitrogens with zero attached hydrogens (tertiary/aromatic N) is 3. The van der Waals surface area contributed by atoms with Gasteiger partial charge in [-0.1, -0.05) is 25.1 Å². The molecule has 1 heterocycles. The Bertz CT molecular complexity index is 578. The fraction of sp³-hybridized carbons (Fsp3) is 0.286. The normalized spacial score (nSPS) is 10.1. The summed E-state index contributed by atoms with van der Waals surface area (Å²) in [5, 5.41) is 16.7. The zero-order valence-electron chi connectivity index (χ0n) is 10.6. The molecule has 0 amide bonds. The zero-order chi connectivity index (χ0) is 13.0. The maximum atomic E-state index is 9.03. The predicted molar refractivity (Wildman–Crippen MR) is 71.1 cm³/mol. The first-order valence-electron chi connectivity index (χ1n) is 5.99. The number of rotatable bonds is 4. The number of hydrogen-bond donors (Lipinski definition) is 1. The molecule has 0 saturated carbocycles. The van der Waals surface area contributed by atoms with Crippen LogP contribution in [0.15, 0.2) is 30.5 Å². The van der Waals surface area contributed by atoms with Crippen molar-refractivity contribution in [3.63, 3.8) is 0 Å². The molecule has 2 aromatic rings. The van der Waals surface area contributed by atoms with Crippen LogP contribution in [0.25, 0.3) is 0 Å². The van der Waals surface area contributed by atoms with E-state index in [0.717, 1.165) is 23.4 Å². The highest BCUT2D eigenvalue weighted by Gasteiger charge is 2.06. The van der Waals surface area contributed by atoms with Crippen LogP contribution in [0.2, 0.25) is 0 Å². The number of hydrogen-bond acceptors (Lipinski definition) is 3. The molecule has 92 valence electrons. The van der Waals surface area contributed by atoms with E-state index in [9.17, 15) is 0 Å². The topological polar surface area (TPSA) is 53.6 Å². The van der Waals surface area contributed by atoms with E-state index in [1.807, 2.05) is 37.5 Å². The quantitative estimate of drug-likeness (QED) is 0.893. The van der Waals surface area contributed by atoms with Crippen molar-refractivity contribution >= 4 is 5.69 Å². The average Bonchev–Trinajstić information content (AvgIpc) is 2.77. The van der Waals surface area contributed by atoms with Crippen molar-refractivity contribution < 1.29 is 0 Å². The highest BCUT2D eigenvalue weighted by atomic mass is 15.3. The van der Waals surface area contributed by atoms with Gasteiger partial charge in [0.1, 0.15) is 0 Å². The van der Waals surface area contributed by atoms with Crippen molar-refractivity contribution in [3.05, 3.63) is 47.3 Å². The molecule has 0 aliphatic carbocycles. The highest BCUT2D eigenvalue weighted by molar-refractivity contribution is 5.48. The highest BCUT2D eigenvalue weighted by Crippen LogP contribution is 2.16. The zero-order valence-corrected chi connectivity index (χ0v) is 10.6. The second kappa shape index (κ2) is 5.37. The third-order valence-electron chi connectivity index (χ3n) is 2.85. The van der Waals surface area contributed by atoms with Gasteiger partial charge >= 0.3 is 0 Å². The van der Waals surface area contributed by atoms with E-state index < -0.39 is 0 Å². The van der Waals surface area contributed by atoms with Crippen molar-refractivity contribution in [1.29, 1.82) is 5.26 Å². The minimum Gasteiger partial charge on any atom is -0.378 e. The van der Waals surface area contributed by atoms with Crippen LogP contribution in [0.1, 0.15) is 23.7 Å². The lowest BCUT2D eigenvalue weighted by Crippen LogP contribution is -2.02. The molecule has 0 unspecified atom stereocenters. The molecule has 0 fully saturated rings. The molecule has 4 nitrogen and oxygen atoms in total. The van der Waals surface area contributed by atoms with Crippen LogP contribution in [0.3, 0.4) is 0 Å². The van der Waals surface area contributed by atoms with Crippen LogP contribution in [0, 0.1) is 11.3 Å². The van der Waals surface area contributed by atoms with Gasteiger partial charge in [-0.2, -0.15) is 10.4 Å². The molecule has 0 bridgehead atoms. The van der Waals surface area contributed by atoms with Crippen LogP contribution in [0.4, 0.5) is 5.69 Å². The number of anilines is 1. The molecule has 1 aromatic carbocycles. The van der Waals surface area contributed by atoms with Gasteiger partial charge in [-0.25, -0.2) is 0 Å². The maximum absolute atomic E-state index is 9.03. The predicted octanol–water partition coefficient (Wildman–Crippen LogP) is 2.47. The van der Waals surface area contributed by atoms with Gasteiger partial charge in [0.25, 0.3) is 0 Å². The Labute approximate surface area is 107 Å². The van der Waals surface area contributed by atoms with E-state index in [-0.39, 0.29) is 0 Å². The third kappa shape index (κ3) is 2.51. The number of aryl methyl sites for hydroxylation is 2. The van der Waals surface area contributed by atoms with Gasteiger partial charge < -0.3 is 5.32 Å². The first kappa shape index (κ1) is 12.2. The van der Waals surface area contributed by atoms with Crippen LogP contribution in [-0.4, -0.2) is 9.78 Å². The monoisotopic (exact) mass is 240 g/mol. The lowest BCUT2D eigenvalue weighted by Gasteiger charge is -2.06. The number of nitriles is 1. The summed E-state index contributed by atoms with van der Waals surface area (Å²) in [6.45, 7) is 2.72. The number of benzene rings is 1. The molecule has 0 atom stereocenters. The van der Waals surface area contributed by atoms with Gasteiger partial charge in [0.05, 0.1) is 23.0 Å². The minimum absolute atomic E-state index is 0.641. The lowest BCUT2D eigenvalue weighted by atomic mass is 10.1. The molecule has 2 rings (SSSR count). The summed E-state index contributed by atoms with van der Waals surface area (Å²) in [5.74, 6) is 0. The van der Waals surface area contributed by atoms with E-state index in [1.165, 1.54) is 0 Å². The van der Waals surface area contributed by atoms with E-state index in [4.69, 9.17) is 5.26 Å². The van der Waals surface area contributed by atoms with E-state index in [2.05, 4.69) is 23.4 Å². The SMILES string of the molecule is CCc1nn(C)cc1NCc1ccccc1C#N. The molecule has 4 heteroatoms. The first-order valence-corrected chi connectivity index (χ1v) is 5.99. The van der Waals surface area contributed by atoms with Gasteiger partial charge in [0.15, 0.2) is 0 Å². The Balaban J connectivity index is 2.14. The Morgan fingerprint density at radius 2 is 2.17 bits per heavy atom. The minimum atomic E-state index is 0.641. The standard InChI is InChI=1S/C14H16N4/c1-3-13-14(10-18(2)17-13)16-9-12-7-5-4-6-11(12)8-15/h4-7,10,16H,3,9H2,1-2H3. The third-order valence-corrected chi connectivity index (χ3v) is 2.85. The maximum Gasteiger partial charge on any atom is 0.0995 e.